The summed E-state index contributed by atoms with van der Waals surface area (Å²) in [6.45, 7) is 1.32. The molecule has 3 aromatic carbocycles. The summed E-state index contributed by atoms with van der Waals surface area (Å²) in [6, 6.07) is 21.0. The number of para-hydroxylation sites is 2. The van der Waals surface area contributed by atoms with Gasteiger partial charge in [-0.05, 0) is 42.3 Å². The van der Waals surface area contributed by atoms with Crippen LogP contribution in [-0.2, 0) is 4.79 Å². The summed E-state index contributed by atoms with van der Waals surface area (Å²) in [6.07, 6.45) is 0. The van der Waals surface area contributed by atoms with Crippen LogP contribution in [0.5, 0.6) is 5.75 Å². The van der Waals surface area contributed by atoms with Gasteiger partial charge < -0.3 is 20.1 Å². The smallest absolute Gasteiger partial charge is 0.279 e. The van der Waals surface area contributed by atoms with E-state index in [0.29, 0.717) is 17.0 Å². The van der Waals surface area contributed by atoms with E-state index >= 15 is 0 Å². The van der Waals surface area contributed by atoms with Gasteiger partial charge in [-0.25, -0.2) is 0 Å². The number of benzene rings is 3. The number of fused-ring (bicyclic) bond motifs is 1. The highest BCUT2D eigenvalue weighted by molar-refractivity contribution is 6.34. The first-order valence-corrected chi connectivity index (χ1v) is 10.9. The molecular formula is C26H21ClN4O4. The molecule has 0 atom stereocenters. The summed E-state index contributed by atoms with van der Waals surface area (Å²) >= 11 is 6.47. The van der Waals surface area contributed by atoms with Gasteiger partial charge >= 0.3 is 0 Å². The van der Waals surface area contributed by atoms with Crippen LogP contribution in [0.15, 0.2) is 99.3 Å². The number of amides is 1. The van der Waals surface area contributed by atoms with Crippen LogP contribution < -0.4 is 15.6 Å². The standard InChI is InChI=1S/C26H21ClN4O4/c1-15(32)25(26(34)29-20-10-6-7-11-23(20)35-2)31-30-22-14-21-18(12-19(22)27)17(13-24(33)28-21)16-8-4-3-5-9-16/h3-14,32H,1-2H3,(H,28,33)(H,29,34). The number of nitrogens with zero attached hydrogens (tertiary/aromatic N) is 2. The molecule has 1 amide bonds. The number of methoxy groups -OCH3 is 1. The number of rotatable bonds is 6. The quantitative estimate of drug-likeness (QED) is 0.166. The lowest BCUT2D eigenvalue weighted by Crippen LogP contribution is -2.15. The minimum Gasteiger partial charge on any atom is -0.510 e. The zero-order valence-corrected chi connectivity index (χ0v) is 19.6. The molecule has 4 aromatic rings. The topological polar surface area (TPSA) is 116 Å². The van der Waals surface area contributed by atoms with Crippen molar-refractivity contribution >= 4 is 39.8 Å². The molecule has 1 heterocycles. The second-order valence-electron chi connectivity index (χ2n) is 7.55. The van der Waals surface area contributed by atoms with Gasteiger partial charge in [0, 0.05) is 11.5 Å². The number of aliphatic hydroxyl groups is 1. The highest BCUT2D eigenvalue weighted by Gasteiger charge is 2.16. The number of hydrogen-bond acceptors (Lipinski definition) is 6. The fourth-order valence-electron chi connectivity index (χ4n) is 3.51. The maximum atomic E-state index is 12.8. The third kappa shape index (κ3) is 5.23. The second kappa shape index (κ2) is 10.2. The number of aromatic nitrogens is 1. The number of H-pyrrole nitrogens is 1. The van der Waals surface area contributed by atoms with E-state index in [1.54, 1.807) is 36.4 Å². The lowest BCUT2D eigenvalue weighted by Gasteiger charge is -2.10. The first-order chi connectivity index (χ1) is 16.9. The maximum Gasteiger partial charge on any atom is 0.279 e. The summed E-state index contributed by atoms with van der Waals surface area (Å²) in [5.41, 5.74) is 2.11. The fraction of sp³-hybridized carbons (Fsp3) is 0.0769. The maximum absolute atomic E-state index is 12.8. The summed E-state index contributed by atoms with van der Waals surface area (Å²) in [4.78, 5) is 27.8. The van der Waals surface area contributed by atoms with Gasteiger partial charge in [0.25, 0.3) is 5.91 Å². The third-order valence-corrected chi connectivity index (χ3v) is 5.47. The van der Waals surface area contributed by atoms with Crippen LogP contribution in [0.4, 0.5) is 11.4 Å². The molecule has 0 aliphatic carbocycles. The average molecular weight is 489 g/mol. The number of aliphatic hydroxyl groups excluding tert-OH is 1. The Morgan fingerprint density at radius 3 is 2.49 bits per heavy atom. The molecule has 8 nitrogen and oxygen atoms in total. The first kappa shape index (κ1) is 23.7. The average Bonchev–Trinajstić information content (AvgIpc) is 2.85. The molecule has 0 saturated heterocycles. The lowest BCUT2D eigenvalue weighted by molar-refractivity contribution is -0.113. The van der Waals surface area contributed by atoms with Gasteiger partial charge in [-0.2, -0.15) is 0 Å². The Labute approximate surface area is 205 Å². The van der Waals surface area contributed by atoms with Gasteiger partial charge in [0.2, 0.25) is 5.56 Å². The van der Waals surface area contributed by atoms with Gasteiger partial charge in [0.15, 0.2) is 5.70 Å². The van der Waals surface area contributed by atoms with Crippen molar-refractivity contribution < 1.29 is 14.6 Å². The van der Waals surface area contributed by atoms with Crippen LogP contribution in [0.1, 0.15) is 6.92 Å². The number of carbonyl (C=O) groups excluding carboxylic acids is 1. The molecule has 3 N–H and O–H groups in total. The first-order valence-electron chi connectivity index (χ1n) is 10.6. The molecule has 4 rings (SSSR count). The Bertz CT molecular complexity index is 1520. The number of nitrogens with one attached hydrogen (secondary N) is 2. The van der Waals surface area contributed by atoms with Crippen LogP contribution in [0.2, 0.25) is 5.02 Å². The van der Waals surface area contributed by atoms with E-state index in [9.17, 15) is 14.7 Å². The summed E-state index contributed by atoms with van der Waals surface area (Å²) in [7, 11) is 1.48. The minimum absolute atomic E-state index is 0.212. The summed E-state index contributed by atoms with van der Waals surface area (Å²) in [5, 5.41) is 21.7. The predicted octanol–water partition coefficient (Wildman–Crippen LogP) is 6.37. The van der Waals surface area contributed by atoms with Crippen LogP contribution in [0.25, 0.3) is 22.0 Å². The Morgan fingerprint density at radius 1 is 1.06 bits per heavy atom. The van der Waals surface area contributed by atoms with Gasteiger partial charge in [0.1, 0.15) is 17.2 Å². The van der Waals surface area contributed by atoms with E-state index in [2.05, 4.69) is 20.5 Å². The molecule has 0 aliphatic rings. The van der Waals surface area contributed by atoms with Crippen molar-refractivity contribution in [2.24, 2.45) is 10.2 Å². The van der Waals surface area contributed by atoms with E-state index < -0.39 is 5.91 Å². The molecule has 0 aliphatic heterocycles. The molecule has 0 bridgehead atoms. The van der Waals surface area contributed by atoms with Gasteiger partial charge in [-0.15, -0.1) is 10.2 Å². The molecule has 0 unspecified atom stereocenters. The van der Waals surface area contributed by atoms with Crippen molar-refractivity contribution in [2.75, 3.05) is 12.4 Å². The zero-order chi connectivity index (χ0) is 24.9. The molecule has 0 spiro atoms. The van der Waals surface area contributed by atoms with Gasteiger partial charge in [0.05, 0.1) is 23.3 Å². The van der Waals surface area contributed by atoms with Gasteiger partial charge in [-0.3, -0.25) is 9.59 Å². The summed E-state index contributed by atoms with van der Waals surface area (Å²) < 4.78 is 5.23. The Kier molecular flexibility index (Phi) is 6.93. The third-order valence-electron chi connectivity index (χ3n) is 5.17. The fourth-order valence-corrected chi connectivity index (χ4v) is 3.72. The molecule has 0 fully saturated rings. The molecule has 1 aromatic heterocycles. The molecule has 9 heteroatoms. The number of azo groups is 1. The Balaban J connectivity index is 1.69. The largest absolute Gasteiger partial charge is 0.510 e. The van der Waals surface area contributed by atoms with Crippen LogP contribution in [-0.4, -0.2) is 23.1 Å². The van der Waals surface area contributed by atoms with E-state index in [1.165, 1.54) is 20.1 Å². The number of aromatic amines is 1. The zero-order valence-electron chi connectivity index (χ0n) is 18.9. The lowest BCUT2D eigenvalue weighted by atomic mass is 10.0. The number of ether oxygens (including phenoxy) is 1. The predicted molar refractivity (Wildman–Crippen MR) is 136 cm³/mol. The highest BCUT2D eigenvalue weighted by atomic mass is 35.5. The van der Waals surface area contributed by atoms with E-state index in [1.807, 2.05) is 30.3 Å². The van der Waals surface area contributed by atoms with Crippen LogP contribution in [0.3, 0.4) is 0 Å². The highest BCUT2D eigenvalue weighted by Crippen LogP contribution is 2.34. The second-order valence-corrected chi connectivity index (χ2v) is 7.96. The van der Waals surface area contributed by atoms with Crippen molar-refractivity contribution in [1.29, 1.82) is 0 Å². The molecular weight excluding hydrogens is 468 g/mol. The van der Waals surface area contributed by atoms with Crippen molar-refractivity contribution in [3.8, 4) is 16.9 Å². The number of carbonyl (C=O) groups is 1. The van der Waals surface area contributed by atoms with E-state index in [4.69, 9.17) is 16.3 Å². The summed E-state index contributed by atoms with van der Waals surface area (Å²) in [5.74, 6) is -0.573. The number of halogens is 1. The normalized spacial score (nSPS) is 12.0. The number of hydrogen-bond donors (Lipinski definition) is 3. The molecule has 0 saturated carbocycles. The number of anilines is 1. The van der Waals surface area contributed by atoms with E-state index in [-0.39, 0.29) is 27.7 Å². The molecule has 35 heavy (non-hydrogen) atoms. The van der Waals surface area contributed by atoms with Crippen molar-refractivity contribution in [3.63, 3.8) is 0 Å². The van der Waals surface area contributed by atoms with Gasteiger partial charge in [-0.1, -0.05) is 54.1 Å². The van der Waals surface area contributed by atoms with Crippen LogP contribution >= 0.6 is 11.6 Å². The van der Waals surface area contributed by atoms with E-state index in [0.717, 1.165) is 16.5 Å². The Hall–Kier alpha value is -4.43. The number of allylic oxidation sites excluding steroid dienone is 1. The monoisotopic (exact) mass is 488 g/mol. The van der Waals surface area contributed by atoms with Crippen molar-refractivity contribution in [3.05, 3.63) is 99.6 Å². The molecule has 176 valence electrons. The SMILES string of the molecule is COc1ccccc1NC(=O)C(N=Nc1cc2[nH]c(=O)cc(-c3ccccc3)c2cc1Cl)=C(C)O. The van der Waals surface area contributed by atoms with Crippen LogP contribution in [0, 0.1) is 0 Å². The van der Waals surface area contributed by atoms with Crippen molar-refractivity contribution in [2.45, 2.75) is 6.92 Å². The minimum atomic E-state index is -0.685. The van der Waals surface area contributed by atoms with Crippen molar-refractivity contribution in [1.82, 2.24) is 4.98 Å². The Morgan fingerprint density at radius 2 is 1.77 bits per heavy atom. The number of pyridine rings is 1. The molecule has 0 radical (unpaired) electrons.